The summed E-state index contributed by atoms with van der Waals surface area (Å²) in [6.45, 7) is 18.0. The number of ether oxygens (including phenoxy) is 3. The minimum atomic E-state index is -1.97. The van der Waals surface area contributed by atoms with E-state index in [9.17, 15) is 5.26 Å². The number of aromatic nitrogens is 6. The van der Waals surface area contributed by atoms with Gasteiger partial charge >= 0.3 is 0 Å². The van der Waals surface area contributed by atoms with Crippen LogP contribution in [0, 0.1) is 11.3 Å². The SMILES string of the molecule is CC(C)Oc1nn(CCO[Si](C)(C)C(C)(C)C)c2c1/C=C/c1nn(C3CCCCO3)c3ccc(cc13)-c1cnn(C)c1O[C@@H](C#N)CN(C)C2. The maximum Gasteiger partial charge on any atom is 0.240 e. The molecule has 6 rings (SSSR count). The van der Waals surface area contributed by atoms with Gasteiger partial charge in [-0.05, 0) is 88.1 Å². The van der Waals surface area contributed by atoms with Crippen molar-refractivity contribution < 1.29 is 18.6 Å². The number of hydrogen-bond acceptors (Lipinski definition) is 9. The average Bonchev–Trinajstić information content (AvgIpc) is 3.71. The van der Waals surface area contributed by atoms with E-state index in [4.69, 9.17) is 28.8 Å². The first-order chi connectivity index (χ1) is 23.8. The standard InChI is InChI=1S/C37H52N8O4Si/c1-25(2)48-35-28-14-15-31-29-20-26(13-16-32(29)45(40-31)34-12-10-11-18-46-34)30-22-39-43(7)36(30)49-27(21-38)23-42(6)24-33(28)44(41-35)17-19-47-50(8,9)37(3,4)5/h13-16,20,22,25,27,34H,10-12,17-19,23-24H2,1-9H3/b15-14+/t27-,34?/m0/s1. The van der Waals surface area contributed by atoms with Crippen LogP contribution in [0.4, 0.5) is 0 Å². The molecule has 13 heteroatoms. The first-order valence-electron chi connectivity index (χ1n) is 17.7. The number of fused-ring (bicyclic) bond motifs is 4. The largest absolute Gasteiger partial charge is 0.473 e. The molecule has 0 N–H and O–H groups in total. The highest BCUT2D eigenvalue weighted by atomic mass is 28.4. The van der Waals surface area contributed by atoms with E-state index >= 15 is 0 Å². The average molecular weight is 701 g/mol. The minimum Gasteiger partial charge on any atom is -0.473 e. The number of hydrogen-bond donors (Lipinski definition) is 0. The van der Waals surface area contributed by atoms with Crippen molar-refractivity contribution in [3.8, 4) is 29.0 Å². The summed E-state index contributed by atoms with van der Waals surface area (Å²) in [7, 11) is 1.86. The normalized spacial score (nSPS) is 19.8. The van der Waals surface area contributed by atoms with Gasteiger partial charge in [-0.2, -0.15) is 15.5 Å². The van der Waals surface area contributed by atoms with Gasteiger partial charge in [0.05, 0.1) is 53.5 Å². The Morgan fingerprint density at radius 3 is 2.62 bits per heavy atom. The molecule has 5 heterocycles. The van der Waals surface area contributed by atoms with E-state index in [1.165, 1.54) is 0 Å². The Balaban J connectivity index is 1.50. The van der Waals surface area contributed by atoms with Crippen molar-refractivity contribution in [1.82, 2.24) is 34.2 Å². The van der Waals surface area contributed by atoms with Crippen LogP contribution in [-0.4, -0.2) is 81.6 Å². The first-order valence-corrected chi connectivity index (χ1v) is 20.7. The molecule has 1 fully saturated rings. The summed E-state index contributed by atoms with van der Waals surface area (Å²) in [5.41, 5.74) is 5.39. The van der Waals surface area contributed by atoms with Gasteiger partial charge < -0.3 is 18.6 Å². The van der Waals surface area contributed by atoms with Crippen LogP contribution in [0.2, 0.25) is 18.1 Å². The van der Waals surface area contributed by atoms with Crippen LogP contribution in [0.1, 0.15) is 77.1 Å². The summed E-state index contributed by atoms with van der Waals surface area (Å²) in [6.07, 6.45) is 8.04. The maximum atomic E-state index is 10.3. The molecule has 0 aliphatic carbocycles. The zero-order valence-corrected chi connectivity index (χ0v) is 32.1. The zero-order valence-electron chi connectivity index (χ0n) is 31.1. The van der Waals surface area contributed by atoms with Crippen molar-refractivity contribution in [2.45, 2.75) is 104 Å². The third-order valence-electron chi connectivity index (χ3n) is 10.0. The lowest BCUT2D eigenvalue weighted by Crippen LogP contribution is -2.41. The Bertz CT molecular complexity index is 1890. The van der Waals surface area contributed by atoms with E-state index in [1.807, 2.05) is 37.3 Å². The Labute approximate surface area is 296 Å². The molecular weight excluding hydrogens is 649 g/mol. The van der Waals surface area contributed by atoms with E-state index in [1.54, 1.807) is 10.9 Å². The van der Waals surface area contributed by atoms with E-state index < -0.39 is 14.4 Å². The molecule has 1 unspecified atom stereocenters. The number of nitrogens with zero attached hydrogens (tertiary/aromatic N) is 8. The van der Waals surface area contributed by atoms with E-state index in [0.29, 0.717) is 38.0 Å². The van der Waals surface area contributed by atoms with Gasteiger partial charge in [-0.1, -0.05) is 26.8 Å². The first kappa shape index (κ1) is 35.8. The van der Waals surface area contributed by atoms with Crippen LogP contribution in [0.5, 0.6) is 11.8 Å². The quantitative estimate of drug-likeness (QED) is 0.187. The summed E-state index contributed by atoms with van der Waals surface area (Å²) in [5.74, 6) is 1.10. The fourth-order valence-corrected chi connectivity index (χ4v) is 7.31. The van der Waals surface area contributed by atoms with Crippen LogP contribution >= 0.6 is 0 Å². The van der Waals surface area contributed by atoms with Gasteiger partial charge in [0.15, 0.2) is 20.6 Å². The third kappa shape index (κ3) is 7.39. The number of aryl methyl sites for hydroxylation is 1. The zero-order chi connectivity index (χ0) is 35.8. The third-order valence-corrected chi connectivity index (χ3v) is 14.6. The molecule has 1 aromatic carbocycles. The molecule has 2 aliphatic rings. The highest BCUT2D eigenvalue weighted by molar-refractivity contribution is 6.74. The number of likely N-dealkylation sites (N-methyl/N-ethyl adjacent to an activating group) is 1. The van der Waals surface area contributed by atoms with E-state index in [0.717, 1.165) is 64.9 Å². The molecule has 0 saturated carbocycles. The molecule has 268 valence electrons. The number of nitriles is 1. The predicted octanol–water partition coefficient (Wildman–Crippen LogP) is 7.03. The fourth-order valence-electron chi connectivity index (χ4n) is 6.28. The second-order valence-corrected chi connectivity index (χ2v) is 20.1. The monoisotopic (exact) mass is 700 g/mol. The van der Waals surface area contributed by atoms with Gasteiger partial charge in [0.2, 0.25) is 11.8 Å². The molecule has 2 aliphatic heterocycles. The van der Waals surface area contributed by atoms with Crippen molar-refractivity contribution in [3.05, 3.63) is 41.3 Å². The van der Waals surface area contributed by atoms with Crippen molar-refractivity contribution in [3.63, 3.8) is 0 Å². The number of rotatable bonds is 7. The summed E-state index contributed by atoms with van der Waals surface area (Å²) in [5, 5.41) is 26.0. The van der Waals surface area contributed by atoms with Gasteiger partial charge in [0.1, 0.15) is 6.07 Å². The van der Waals surface area contributed by atoms with Gasteiger partial charge in [-0.15, -0.1) is 5.10 Å². The lowest BCUT2D eigenvalue weighted by Gasteiger charge is -2.36. The van der Waals surface area contributed by atoms with Crippen molar-refractivity contribution in [2.75, 3.05) is 26.8 Å². The van der Waals surface area contributed by atoms with Gasteiger partial charge in [-0.3, -0.25) is 9.58 Å². The van der Waals surface area contributed by atoms with Gasteiger partial charge in [-0.25, -0.2) is 9.36 Å². The molecule has 12 nitrogen and oxygen atoms in total. The molecular formula is C37H52N8O4Si. The van der Waals surface area contributed by atoms with Crippen molar-refractivity contribution >= 4 is 31.4 Å². The summed E-state index contributed by atoms with van der Waals surface area (Å²) in [6, 6.07) is 8.66. The van der Waals surface area contributed by atoms with Gasteiger partial charge in [0, 0.05) is 32.1 Å². The Hall–Kier alpha value is -3.96. The lowest BCUT2D eigenvalue weighted by atomic mass is 10.0. The predicted molar refractivity (Wildman–Crippen MR) is 197 cm³/mol. The summed E-state index contributed by atoms with van der Waals surface area (Å²) < 4.78 is 31.3. The smallest absolute Gasteiger partial charge is 0.240 e. The number of benzene rings is 1. The summed E-state index contributed by atoms with van der Waals surface area (Å²) >= 11 is 0. The molecule has 50 heavy (non-hydrogen) atoms. The second-order valence-electron chi connectivity index (χ2n) is 15.3. The Morgan fingerprint density at radius 1 is 1.12 bits per heavy atom. The van der Waals surface area contributed by atoms with Crippen LogP contribution < -0.4 is 9.47 Å². The van der Waals surface area contributed by atoms with E-state index in [2.05, 4.69) is 80.3 Å². The topological polar surface area (TPSA) is 117 Å². The van der Waals surface area contributed by atoms with Crippen LogP contribution in [0.15, 0.2) is 24.4 Å². The van der Waals surface area contributed by atoms with E-state index in [-0.39, 0.29) is 17.4 Å². The van der Waals surface area contributed by atoms with Crippen molar-refractivity contribution in [1.29, 1.82) is 5.26 Å². The fraction of sp³-hybridized carbons (Fsp3) is 0.568. The van der Waals surface area contributed by atoms with Gasteiger partial charge in [0.25, 0.3) is 0 Å². The van der Waals surface area contributed by atoms with Crippen LogP contribution in [0.3, 0.4) is 0 Å². The molecule has 1 saturated heterocycles. The highest BCUT2D eigenvalue weighted by Gasteiger charge is 2.37. The van der Waals surface area contributed by atoms with Crippen LogP contribution in [-0.2, 0) is 29.3 Å². The molecule has 0 spiro atoms. The van der Waals surface area contributed by atoms with Crippen LogP contribution in [0.25, 0.3) is 34.2 Å². The Kier molecular flexibility index (Phi) is 10.3. The highest BCUT2D eigenvalue weighted by Crippen LogP contribution is 2.38. The molecule has 0 radical (unpaired) electrons. The minimum absolute atomic E-state index is 0.0804. The summed E-state index contributed by atoms with van der Waals surface area (Å²) in [4.78, 5) is 2.09. The molecule has 2 bridgehead atoms. The molecule has 3 aromatic heterocycles. The lowest BCUT2D eigenvalue weighted by molar-refractivity contribution is -0.0367. The maximum absolute atomic E-state index is 10.3. The molecule has 4 aromatic rings. The molecule has 0 amide bonds. The Morgan fingerprint density at radius 2 is 1.92 bits per heavy atom. The van der Waals surface area contributed by atoms with Crippen molar-refractivity contribution in [2.24, 2.45) is 7.05 Å². The second kappa shape index (κ2) is 14.3. The molecule has 2 atom stereocenters.